The zero-order chi connectivity index (χ0) is 34.9. The van der Waals surface area contributed by atoms with Crippen LogP contribution in [0.25, 0.3) is 10.8 Å². The van der Waals surface area contributed by atoms with E-state index in [0.717, 1.165) is 16.7 Å². The molecule has 0 aromatic heterocycles. The lowest BCUT2D eigenvalue weighted by atomic mass is 9.89. The van der Waals surface area contributed by atoms with Gasteiger partial charge in [0.25, 0.3) is 5.91 Å². The number of rotatable bonds is 13. The van der Waals surface area contributed by atoms with Crippen LogP contribution in [0.1, 0.15) is 52.5 Å². The number of benzene rings is 6. The third-order valence-electron chi connectivity index (χ3n) is 9.11. The average molecular weight is 679 g/mol. The first-order valence-corrected chi connectivity index (χ1v) is 17.3. The second kappa shape index (κ2) is 15.8. The number of carbonyl (C=O) groups excluding carboxylic acids is 1. The van der Waals surface area contributed by atoms with Crippen molar-refractivity contribution in [3.05, 3.63) is 179 Å². The maximum Gasteiger partial charge on any atom is 0.252 e. The highest BCUT2D eigenvalue weighted by Gasteiger charge is 2.36. The normalized spacial score (nSPS) is 12.8. The maximum atomic E-state index is 13.8. The van der Waals surface area contributed by atoms with Gasteiger partial charge in [-0.25, -0.2) is 0 Å². The molecule has 1 N–H and O–H groups in total. The first-order valence-electron chi connectivity index (χ1n) is 16.9. The summed E-state index contributed by atoms with van der Waals surface area (Å²) < 4.78 is 12.7. The van der Waals surface area contributed by atoms with Crippen LogP contribution in [0.5, 0.6) is 11.5 Å². The van der Waals surface area contributed by atoms with Crippen LogP contribution in [-0.2, 0) is 19.6 Å². The Morgan fingerprint density at radius 2 is 1.26 bits per heavy atom. The molecule has 0 spiro atoms. The number of likely N-dealkylation sites (N-methyl/N-ethyl adjacent to an activating group) is 1. The SMILES string of the molecule is C[C@H](c1cccc2ccccc12)N(C)C(=S)[C@](C)(Cc1ccc(OCc2ccccc2)c(OCc2ccccc2)c1)NC(=O)c1ccccc1. The van der Waals surface area contributed by atoms with E-state index in [-0.39, 0.29) is 11.9 Å². The molecular formula is C44H42N2O3S. The maximum absolute atomic E-state index is 13.8. The smallest absolute Gasteiger partial charge is 0.252 e. The van der Waals surface area contributed by atoms with Gasteiger partial charge in [0.15, 0.2) is 11.5 Å². The first kappa shape index (κ1) is 34.4. The molecule has 6 aromatic rings. The van der Waals surface area contributed by atoms with Crippen molar-refractivity contribution in [3.63, 3.8) is 0 Å². The van der Waals surface area contributed by atoms with Crippen LogP contribution >= 0.6 is 12.2 Å². The van der Waals surface area contributed by atoms with Gasteiger partial charge >= 0.3 is 0 Å². The summed E-state index contributed by atoms with van der Waals surface area (Å²) >= 11 is 6.30. The summed E-state index contributed by atoms with van der Waals surface area (Å²) in [6.07, 6.45) is 0.428. The van der Waals surface area contributed by atoms with Crippen molar-refractivity contribution in [1.82, 2.24) is 10.2 Å². The van der Waals surface area contributed by atoms with Crippen LogP contribution in [0.2, 0.25) is 0 Å². The van der Waals surface area contributed by atoms with Crippen molar-refractivity contribution in [2.24, 2.45) is 0 Å². The van der Waals surface area contributed by atoms with E-state index in [1.54, 1.807) is 0 Å². The monoisotopic (exact) mass is 678 g/mol. The lowest BCUT2D eigenvalue weighted by Gasteiger charge is -2.39. The number of nitrogens with one attached hydrogen (secondary N) is 1. The Morgan fingerprint density at radius 3 is 1.92 bits per heavy atom. The fourth-order valence-corrected chi connectivity index (χ4v) is 6.53. The fraction of sp³-hybridized carbons (Fsp3) is 0.182. The van der Waals surface area contributed by atoms with Gasteiger partial charge in [0.05, 0.1) is 11.6 Å². The molecule has 6 rings (SSSR count). The number of amides is 1. The predicted octanol–water partition coefficient (Wildman–Crippen LogP) is 9.75. The molecule has 0 aliphatic carbocycles. The molecule has 1 amide bonds. The zero-order valence-corrected chi connectivity index (χ0v) is 29.5. The van der Waals surface area contributed by atoms with Crippen molar-refractivity contribution < 1.29 is 14.3 Å². The summed E-state index contributed by atoms with van der Waals surface area (Å²) in [5.74, 6) is 1.08. The fourth-order valence-electron chi connectivity index (χ4n) is 6.25. The van der Waals surface area contributed by atoms with Gasteiger partial charge in [-0.15, -0.1) is 0 Å². The molecule has 0 radical (unpaired) electrons. The molecule has 50 heavy (non-hydrogen) atoms. The van der Waals surface area contributed by atoms with Gasteiger partial charge in [-0.05, 0) is 71.1 Å². The van der Waals surface area contributed by atoms with Gasteiger partial charge in [0.2, 0.25) is 0 Å². The lowest BCUT2D eigenvalue weighted by molar-refractivity contribution is 0.0924. The highest BCUT2D eigenvalue weighted by atomic mass is 32.1. The highest BCUT2D eigenvalue weighted by molar-refractivity contribution is 7.80. The molecule has 6 heteroatoms. The molecular weight excluding hydrogens is 637 g/mol. The number of thiocarbonyl (C=S) groups is 1. The molecule has 2 atom stereocenters. The van der Waals surface area contributed by atoms with Crippen LogP contribution in [0.3, 0.4) is 0 Å². The number of ether oxygens (including phenoxy) is 2. The van der Waals surface area contributed by atoms with Crippen LogP contribution < -0.4 is 14.8 Å². The van der Waals surface area contributed by atoms with E-state index in [9.17, 15) is 4.79 Å². The third-order valence-corrected chi connectivity index (χ3v) is 9.85. The van der Waals surface area contributed by atoms with E-state index >= 15 is 0 Å². The number of fused-ring (bicyclic) bond motifs is 1. The molecule has 5 nitrogen and oxygen atoms in total. The molecule has 0 bridgehead atoms. The first-order chi connectivity index (χ1) is 24.3. The minimum absolute atomic E-state index is 0.0555. The second-order valence-electron chi connectivity index (χ2n) is 12.8. The van der Waals surface area contributed by atoms with Gasteiger partial charge < -0.3 is 19.7 Å². The Labute approximate surface area is 300 Å². The number of nitrogens with zero attached hydrogens (tertiary/aromatic N) is 1. The Hall–Kier alpha value is -5.46. The third kappa shape index (κ3) is 8.21. The van der Waals surface area contributed by atoms with E-state index in [2.05, 4.69) is 59.6 Å². The average Bonchev–Trinajstić information content (AvgIpc) is 3.16. The summed E-state index contributed by atoms with van der Waals surface area (Å²) in [6.45, 7) is 4.96. The van der Waals surface area contributed by atoms with Gasteiger partial charge in [-0.3, -0.25) is 4.79 Å². The summed E-state index contributed by atoms with van der Waals surface area (Å²) in [4.78, 5) is 16.5. The Balaban J connectivity index is 1.32. The summed E-state index contributed by atoms with van der Waals surface area (Å²) in [7, 11) is 2.01. The van der Waals surface area contributed by atoms with Crippen molar-refractivity contribution >= 4 is 33.9 Å². The van der Waals surface area contributed by atoms with Crippen molar-refractivity contribution in [3.8, 4) is 11.5 Å². The molecule has 0 unspecified atom stereocenters. The largest absolute Gasteiger partial charge is 0.485 e. The number of carbonyl (C=O) groups is 1. The van der Waals surface area contributed by atoms with E-state index in [0.29, 0.717) is 41.7 Å². The predicted molar refractivity (Wildman–Crippen MR) is 207 cm³/mol. The van der Waals surface area contributed by atoms with Crippen molar-refractivity contribution in [2.75, 3.05) is 7.05 Å². The molecule has 0 aliphatic rings. The highest BCUT2D eigenvalue weighted by Crippen LogP contribution is 2.34. The Kier molecular flexibility index (Phi) is 10.9. The van der Waals surface area contributed by atoms with Crippen molar-refractivity contribution in [2.45, 2.75) is 45.1 Å². The zero-order valence-electron chi connectivity index (χ0n) is 28.7. The van der Waals surface area contributed by atoms with E-state index < -0.39 is 5.54 Å². The van der Waals surface area contributed by atoms with Gasteiger partial charge in [0, 0.05) is 19.0 Å². The standard InChI is InChI=1S/C44H42N2O3S/c1-32(38-25-15-23-36-20-13-14-24-39(36)38)46(3)43(50)44(2,45-42(47)37-21-11-6-12-22-37)29-35-26-27-40(48-30-33-16-7-4-8-17-33)41(28-35)49-31-34-18-9-5-10-19-34/h4-28,32H,29-31H2,1-3H3,(H,45,47)/t32-,44+/m1/s1. The number of hydrogen-bond acceptors (Lipinski definition) is 4. The van der Waals surface area contributed by atoms with Gasteiger partial charge in [-0.2, -0.15) is 0 Å². The lowest BCUT2D eigenvalue weighted by Crippen LogP contribution is -2.58. The van der Waals surface area contributed by atoms with Crippen LogP contribution in [0.4, 0.5) is 0 Å². The second-order valence-corrected chi connectivity index (χ2v) is 13.2. The van der Waals surface area contributed by atoms with Crippen molar-refractivity contribution in [1.29, 1.82) is 0 Å². The van der Waals surface area contributed by atoms with Gasteiger partial charge in [0.1, 0.15) is 18.2 Å². The Morgan fingerprint density at radius 1 is 0.700 bits per heavy atom. The Bertz CT molecular complexity index is 2050. The number of hydrogen-bond donors (Lipinski definition) is 1. The molecule has 0 fully saturated rings. The van der Waals surface area contributed by atoms with Gasteiger partial charge in [-0.1, -0.05) is 140 Å². The summed E-state index contributed by atoms with van der Waals surface area (Å²) in [5.41, 5.74) is 3.88. The molecule has 0 saturated carbocycles. The summed E-state index contributed by atoms with van der Waals surface area (Å²) in [6, 6.07) is 50.1. The topological polar surface area (TPSA) is 50.8 Å². The van der Waals surface area contributed by atoms with Crippen LogP contribution in [0.15, 0.2) is 152 Å². The van der Waals surface area contributed by atoms with E-state index in [1.165, 1.54) is 16.3 Å². The molecule has 0 heterocycles. The van der Waals surface area contributed by atoms with Crippen LogP contribution in [0, 0.1) is 0 Å². The molecule has 6 aromatic carbocycles. The van der Waals surface area contributed by atoms with E-state index in [4.69, 9.17) is 21.7 Å². The summed E-state index contributed by atoms with van der Waals surface area (Å²) in [5, 5.41) is 5.68. The molecule has 0 saturated heterocycles. The minimum atomic E-state index is -0.932. The van der Waals surface area contributed by atoms with E-state index in [1.807, 2.05) is 123 Å². The van der Waals surface area contributed by atoms with Crippen LogP contribution in [-0.4, -0.2) is 28.4 Å². The quantitative estimate of drug-likeness (QED) is 0.123. The molecule has 0 aliphatic heterocycles. The molecule has 252 valence electrons. The minimum Gasteiger partial charge on any atom is -0.485 e.